The van der Waals surface area contributed by atoms with Crippen molar-refractivity contribution in [1.82, 2.24) is 0 Å². The number of nitrogens with zero attached hydrogens (tertiary/aromatic N) is 1. The first-order chi connectivity index (χ1) is 14.7. The van der Waals surface area contributed by atoms with E-state index in [9.17, 15) is 18.5 Å². The molecule has 0 heterocycles. The summed E-state index contributed by atoms with van der Waals surface area (Å²) in [5.41, 5.74) is 2.39. The van der Waals surface area contributed by atoms with Gasteiger partial charge in [0, 0.05) is 16.3 Å². The van der Waals surface area contributed by atoms with Crippen LogP contribution in [0.2, 0.25) is 10.0 Å². The smallest absolute Gasteiger partial charge is 0.255 e. The van der Waals surface area contributed by atoms with E-state index in [0.717, 1.165) is 5.56 Å². The van der Waals surface area contributed by atoms with Crippen LogP contribution in [0.4, 0.5) is 5.69 Å². The number of carbonyl (C=O) groups is 1. The molecule has 0 aliphatic heterocycles. The molecule has 0 aliphatic rings. The summed E-state index contributed by atoms with van der Waals surface area (Å²) in [4.78, 5) is 11.7. The van der Waals surface area contributed by atoms with E-state index in [1.54, 1.807) is 42.5 Å². The summed E-state index contributed by atoms with van der Waals surface area (Å²) >= 11 is 11.9. The highest BCUT2D eigenvalue weighted by Crippen LogP contribution is 2.30. The largest absolute Gasteiger partial charge is 0.322 e. The first-order valence-corrected chi connectivity index (χ1v) is 11.2. The SMILES string of the molecule is Cc1ccc(C(=O)Nc2cccc(/C=C(\C#N)S(=O)(=O)c3cc(Cl)ccc3Cl)c2)cc1. The number of sulfone groups is 1. The summed E-state index contributed by atoms with van der Waals surface area (Å²) in [7, 11) is -4.19. The van der Waals surface area contributed by atoms with Gasteiger partial charge in [-0.2, -0.15) is 5.26 Å². The number of halogens is 2. The Kier molecular flexibility index (Phi) is 6.81. The van der Waals surface area contributed by atoms with Crippen LogP contribution in [0.15, 0.2) is 76.5 Å². The van der Waals surface area contributed by atoms with Crippen LogP contribution >= 0.6 is 23.2 Å². The van der Waals surface area contributed by atoms with E-state index in [-0.39, 0.29) is 20.8 Å². The Morgan fingerprint density at radius 3 is 2.42 bits per heavy atom. The van der Waals surface area contributed by atoms with Gasteiger partial charge in [-0.15, -0.1) is 0 Å². The van der Waals surface area contributed by atoms with Crippen LogP contribution in [0.25, 0.3) is 6.08 Å². The number of amides is 1. The number of carbonyl (C=O) groups excluding carboxylic acids is 1. The standard InChI is InChI=1S/C23H16Cl2N2O3S/c1-15-5-7-17(8-6-15)23(28)27-19-4-2-3-16(11-19)12-20(14-26)31(29,30)22-13-18(24)9-10-21(22)25/h2-13H,1H3,(H,27,28)/b20-12+. The van der Waals surface area contributed by atoms with Gasteiger partial charge in [0.2, 0.25) is 9.84 Å². The van der Waals surface area contributed by atoms with Gasteiger partial charge in [0.1, 0.15) is 11.0 Å². The van der Waals surface area contributed by atoms with Crippen LogP contribution < -0.4 is 5.32 Å². The Labute approximate surface area is 190 Å². The van der Waals surface area contributed by atoms with E-state index in [0.29, 0.717) is 16.8 Å². The van der Waals surface area contributed by atoms with Gasteiger partial charge in [0.05, 0.1) is 9.92 Å². The predicted molar refractivity (Wildman–Crippen MR) is 123 cm³/mol. The monoisotopic (exact) mass is 470 g/mol. The molecular weight excluding hydrogens is 455 g/mol. The zero-order valence-corrected chi connectivity index (χ0v) is 18.6. The zero-order valence-electron chi connectivity index (χ0n) is 16.3. The molecule has 0 unspecified atom stereocenters. The number of allylic oxidation sites excluding steroid dienone is 1. The molecule has 8 heteroatoms. The third-order valence-electron chi connectivity index (χ3n) is 4.34. The van der Waals surface area contributed by atoms with Crippen molar-refractivity contribution in [3.05, 3.63) is 98.4 Å². The summed E-state index contributed by atoms with van der Waals surface area (Å²) in [6, 6.07) is 19.3. The highest BCUT2D eigenvalue weighted by atomic mass is 35.5. The van der Waals surface area contributed by atoms with Crippen molar-refractivity contribution >= 4 is 50.7 Å². The molecule has 0 aliphatic carbocycles. The molecule has 0 radical (unpaired) electrons. The molecule has 3 aromatic carbocycles. The molecule has 3 rings (SSSR count). The maximum Gasteiger partial charge on any atom is 0.255 e. The summed E-state index contributed by atoms with van der Waals surface area (Å²) < 4.78 is 25.8. The van der Waals surface area contributed by atoms with Crippen molar-refractivity contribution in [2.24, 2.45) is 0 Å². The molecule has 0 saturated heterocycles. The van der Waals surface area contributed by atoms with Crippen molar-refractivity contribution < 1.29 is 13.2 Å². The van der Waals surface area contributed by atoms with Gasteiger partial charge in [-0.05, 0) is 61.0 Å². The molecule has 0 saturated carbocycles. The van der Waals surface area contributed by atoms with Crippen LogP contribution in [0.3, 0.4) is 0 Å². The molecule has 1 amide bonds. The lowest BCUT2D eigenvalue weighted by Crippen LogP contribution is -2.11. The minimum Gasteiger partial charge on any atom is -0.322 e. The lowest BCUT2D eigenvalue weighted by Gasteiger charge is -2.08. The van der Waals surface area contributed by atoms with Crippen LogP contribution in [-0.4, -0.2) is 14.3 Å². The molecule has 3 aromatic rings. The van der Waals surface area contributed by atoms with E-state index < -0.39 is 14.7 Å². The maximum atomic E-state index is 12.9. The Morgan fingerprint density at radius 2 is 1.74 bits per heavy atom. The first kappa shape index (κ1) is 22.6. The van der Waals surface area contributed by atoms with Crippen LogP contribution in [-0.2, 0) is 9.84 Å². The van der Waals surface area contributed by atoms with Gasteiger partial charge in [0.15, 0.2) is 0 Å². The Morgan fingerprint density at radius 1 is 1.03 bits per heavy atom. The molecule has 5 nitrogen and oxygen atoms in total. The number of rotatable bonds is 5. The minimum absolute atomic E-state index is 0.0374. The van der Waals surface area contributed by atoms with Crippen molar-refractivity contribution in [3.8, 4) is 6.07 Å². The number of aryl methyl sites for hydroxylation is 1. The minimum atomic E-state index is -4.19. The molecule has 156 valence electrons. The molecule has 1 N–H and O–H groups in total. The van der Waals surface area contributed by atoms with Gasteiger partial charge in [0.25, 0.3) is 5.91 Å². The third-order valence-corrected chi connectivity index (χ3v) is 6.72. The van der Waals surface area contributed by atoms with Gasteiger partial charge < -0.3 is 5.32 Å². The maximum absolute atomic E-state index is 12.9. The van der Waals surface area contributed by atoms with E-state index in [4.69, 9.17) is 23.2 Å². The van der Waals surface area contributed by atoms with Gasteiger partial charge in [-0.3, -0.25) is 4.79 Å². The molecule has 0 fully saturated rings. The Bertz CT molecular complexity index is 1330. The number of hydrogen-bond acceptors (Lipinski definition) is 4. The number of nitriles is 1. The van der Waals surface area contributed by atoms with Crippen LogP contribution in [0.1, 0.15) is 21.5 Å². The summed E-state index contributed by atoms with van der Waals surface area (Å²) in [5, 5.41) is 12.4. The summed E-state index contributed by atoms with van der Waals surface area (Å²) in [6.07, 6.45) is 1.22. The fourth-order valence-corrected chi connectivity index (χ4v) is 4.65. The second kappa shape index (κ2) is 9.36. The fraction of sp³-hybridized carbons (Fsp3) is 0.0435. The zero-order chi connectivity index (χ0) is 22.6. The number of benzene rings is 3. The quantitative estimate of drug-likeness (QED) is 0.470. The van der Waals surface area contributed by atoms with Crippen molar-refractivity contribution in [3.63, 3.8) is 0 Å². The molecule has 31 heavy (non-hydrogen) atoms. The second-order valence-corrected chi connectivity index (χ2v) is 9.37. The molecule has 0 atom stereocenters. The van der Waals surface area contributed by atoms with Crippen LogP contribution in [0.5, 0.6) is 0 Å². The number of hydrogen-bond donors (Lipinski definition) is 1. The number of anilines is 1. The number of nitrogens with one attached hydrogen (secondary N) is 1. The van der Waals surface area contributed by atoms with Gasteiger partial charge >= 0.3 is 0 Å². The average molecular weight is 471 g/mol. The fourth-order valence-electron chi connectivity index (χ4n) is 2.74. The lowest BCUT2D eigenvalue weighted by molar-refractivity contribution is 0.102. The van der Waals surface area contributed by atoms with Gasteiger partial charge in [-0.25, -0.2) is 8.42 Å². The molecular formula is C23H16Cl2N2O3S. The van der Waals surface area contributed by atoms with Gasteiger partial charge in [-0.1, -0.05) is 53.0 Å². The summed E-state index contributed by atoms with van der Waals surface area (Å²) in [5.74, 6) is -0.306. The van der Waals surface area contributed by atoms with Crippen molar-refractivity contribution in [1.29, 1.82) is 5.26 Å². The third kappa shape index (κ3) is 5.33. The normalized spacial score (nSPS) is 11.6. The molecule has 0 bridgehead atoms. The van der Waals surface area contributed by atoms with Crippen LogP contribution in [0, 0.1) is 18.3 Å². The molecule has 0 spiro atoms. The van der Waals surface area contributed by atoms with Crippen molar-refractivity contribution in [2.45, 2.75) is 11.8 Å². The van der Waals surface area contributed by atoms with E-state index in [1.165, 1.54) is 24.3 Å². The van der Waals surface area contributed by atoms with Crippen molar-refractivity contribution in [2.75, 3.05) is 5.32 Å². The molecule has 0 aromatic heterocycles. The highest BCUT2D eigenvalue weighted by Gasteiger charge is 2.24. The Hall–Kier alpha value is -3.11. The summed E-state index contributed by atoms with van der Waals surface area (Å²) in [6.45, 7) is 1.93. The average Bonchev–Trinajstić information content (AvgIpc) is 2.74. The van der Waals surface area contributed by atoms with E-state index in [2.05, 4.69) is 5.32 Å². The van der Waals surface area contributed by atoms with E-state index >= 15 is 0 Å². The lowest BCUT2D eigenvalue weighted by atomic mass is 10.1. The van der Waals surface area contributed by atoms with E-state index in [1.807, 2.05) is 19.1 Å². The topological polar surface area (TPSA) is 87.0 Å². The second-order valence-electron chi connectivity index (χ2n) is 6.64. The predicted octanol–water partition coefficient (Wildman–Crippen LogP) is 5.89. The highest BCUT2D eigenvalue weighted by molar-refractivity contribution is 7.95. The Balaban J connectivity index is 1.92. The first-order valence-electron chi connectivity index (χ1n) is 9.01.